The summed E-state index contributed by atoms with van der Waals surface area (Å²) < 4.78 is 5.58. The second-order valence-corrected chi connectivity index (χ2v) is 3.85. The predicted molar refractivity (Wildman–Crippen MR) is 59.0 cm³/mol. The molecule has 0 saturated heterocycles. The van der Waals surface area contributed by atoms with Crippen LogP contribution < -0.4 is 10.1 Å². The molecular formula is C12H17NO2. The minimum Gasteiger partial charge on any atom is -0.491 e. The molecule has 0 amide bonds. The number of hydrogen-bond acceptors (Lipinski definition) is 3. The van der Waals surface area contributed by atoms with Gasteiger partial charge in [-0.2, -0.15) is 0 Å². The van der Waals surface area contributed by atoms with Crippen molar-refractivity contribution >= 4 is 0 Å². The Balaban J connectivity index is 2.11. The molecule has 2 atom stereocenters. The highest BCUT2D eigenvalue weighted by Gasteiger charge is 2.28. The van der Waals surface area contributed by atoms with Gasteiger partial charge in [0.15, 0.2) is 0 Å². The third-order valence-corrected chi connectivity index (χ3v) is 2.69. The van der Waals surface area contributed by atoms with Gasteiger partial charge in [-0.25, -0.2) is 0 Å². The topological polar surface area (TPSA) is 41.5 Å². The molecule has 2 rings (SSSR count). The lowest BCUT2D eigenvalue weighted by atomic mass is 9.99. The fourth-order valence-electron chi connectivity index (χ4n) is 1.84. The number of rotatable bonds is 3. The monoisotopic (exact) mass is 207 g/mol. The van der Waals surface area contributed by atoms with Crippen LogP contribution in [0, 0.1) is 0 Å². The number of nitrogens with one attached hydrogen (secondary N) is 1. The van der Waals surface area contributed by atoms with Crippen LogP contribution in [0.2, 0.25) is 0 Å². The first-order valence-electron chi connectivity index (χ1n) is 5.46. The van der Waals surface area contributed by atoms with E-state index in [2.05, 4.69) is 12.2 Å². The molecule has 2 N–H and O–H groups in total. The van der Waals surface area contributed by atoms with Crippen molar-refractivity contribution < 1.29 is 9.84 Å². The second-order valence-electron chi connectivity index (χ2n) is 3.85. The second kappa shape index (κ2) is 4.64. The molecule has 1 heterocycles. The molecule has 3 nitrogen and oxygen atoms in total. The fourth-order valence-corrected chi connectivity index (χ4v) is 1.84. The van der Waals surface area contributed by atoms with Crippen LogP contribution in [0.15, 0.2) is 24.3 Å². The summed E-state index contributed by atoms with van der Waals surface area (Å²) >= 11 is 0. The van der Waals surface area contributed by atoms with Crippen LogP contribution in [0.5, 0.6) is 5.75 Å². The SMILES string of the molecule is CCCN[C@@H]1COc2ccccc2[C@H]1O. The van der Waals surface area contributed by atoms with Gasteiger partial charge in [0.25, 0.3) is 0 Å². The third kappa shape index (κ3) is 2.13. The van der Waals surface area contributed by atoms with Gasteiger partial charge in [-0.05, 0) is 19.0 Å². The number of hydrogen-bond donors (Lipinski definition) is 2. The zero-order valence-electron chi connectivity index (χ0n) is 8.94. The van der Waals surface area contributed by atoms with Crippen LogP contribution in [0.3, 0.4) is 0 Å². The summed E-state index contributed by atoms with van der Waals surface area (Å²) in [5, 5.41) is 13.4. The first kappa shape index (κ1) is 10.5. The first-order chi connectivity index (χ1) is 7.33. The van der Waals surface area contributed by atoms with Gasteiger partial charge >= 0.3 is 0 Å². The molecule has 0 saturated carbocycles. The Hall–Kier alpha value is -1.06. The van der Waals surface area contributed by atoms with Crippen LogP contribution in [0.4, 0.5) is 0 Å². The number of para-hydroxylation sites is 1. The average molecular weight is 207 g/mol. The van der Waals surface area contributed by atoms with E-state index >= 15 is 0 Å². The number of fused-ring (bicyclic) bond motifs is 1. The highest BCUT2D eigenvalue weighted by molar-refractivity contribution is 5.37. The lowest BCUT2D eigenvalue weighted by molar-refractivity contribution is 0.0738. The highest BCUT2D eigenvalue weighted by Crippen LogP contribution is 2.31. The summed E-state index contributed by atoms with van der Waals surface area (Å²) in [4.78, 5) is 0. The molecule has 0 spiro atoms. The van der Waals surface area contributed by atoms with E-state index < -0.39 is 6.10 Å². The molecule has 0 bridgehead atoms. The van der Waals surface area contributed by atoms with E-state index in [1.807, 2.05) is 24.3 Å². The highest BCUT2D eigenvalue weighted by atomic mass is 16.5. The van der Waals surface area contributed by atoms with Crippen LogP contribution in [-0.2, 0) is 0 Å². The van der Waals surface area contributed by atoms with Crippen LogP contribution >= 0.6 is 0 Å². The molecule has 0 radical (unpaired) electrons. The van der Waals surface area contributed by atoms with Crippen molar-refractivity contribution in [3.05, 3.63) is 29.8 Å². The van der Waals surface area contributed by atoms with Crippen molar-refractivity contribution in [1.29, 1.82) is 0 Å². The van der Waals surface area contributed by atoms with E-state index in [9.17, 15) is 5.11 Å². The smallest absolute Gasteiger partial charge is 0.125 e. The van der Waals surface area contributed by atoms with Gasteiger partial charge in [0, 0.05) is 5.56 Å². The lowest BCUT2D eigenvalue weighted by Crippen LogP contribution is -2.42. The summed E-state index contributed by atoms with van der Waals surface area (Å²) in [6, 6.07) is 7.67. The predicted octanol–water partition coefficient (Wildman–Crippen LogP) is 1.48. The molecule has 0 aliphatic carbocycles. The summed E-state index contributed by atoms with van der Waals surface area (Å²) in [7, 11) is 0. The maximum absolute atomic E-state index is 10.1. The minimum atomic E-state index is -0.457. The summed E-state index contributed by atoms with van der Waals surface area (Å²) in [6.07, 6.45) is 0.603. The molecule has 0 unspecified atom stereocenters. The molecular weight excluding hydrogens is 190 g/mol. The lowest BCUT2D eigenvalue weighted by Gasteiger charge is -2.30. The molecule has 1 aromatic carbocycles. The van der Waals surface area contributed by atoms with E-state index in [1.165, 1.54) is 0 Å². The number of benzene rings is 1. The Labute approximate surface area is 90.1 Å². The van der Waals surface area contributed by atoms with Crippen molar-refractivity contribution in [2.45, 2.75) is 25.5 Å². The maximum atomic E-state index is 10.1. The molecule has 0 fully saturated rings. The van der Waals surface area contributed by atoms with Crippen LogP contribution in [0.25, 0.3) is 0 Å². The number of aliphatic hydroxyl groups excluding tert-OH is 1. The third-order valence-electron chi connectivity index (χ3n) is 2.69. The maximum Gasteiger partial charge on any atom is 0.125 e. The Kier molecular flexibility index (Phi) is 3.23. The Bertz CT molecular complexity index is 327. The fraction of sp³-hybridized carbons (Fsp3) is 0.500. The van der Waals surface area contributed by atoms with E-state index in [-0.39, 0.29) is 6.04 Å². The molecule has 15 heavy (non-hydrogen) atoms. The van der Waals surface area contributed by atoms with E-state index in [4.69, 9.17) is 4.74 Å². The standard InChI is InChI=1S/C12H17NO2/c1-2-7-13-10-8-15-11-6-4-3-5-9(11)12(10)14/h3-6,10,12-14H,2,7-8H2,1H3/t10-,12-/m1/s1. The molecule has 0 aromatic heterocycles. The van der Waals surface area contributed by atoms with Gasteiger partial charge in [-0.3, -0.25) is 0 Å². The van der Waals surface area contributed by atoms with Gasteiger partial charge in [-0.1, -0.05) is 25.1 Å². The molecule has 1 aromatic rings. The Morgan fingerprint density at radius 1 is 1.47 bits per heavy atom. The zero-order chi connectivity index (χ0) is 10.7. The average Bonchev–Trinajstić information content (AvgIpc) is 2.29. The molecule has 3 heteroatoms. The van der Waals surface area contributed by atoms with Crippen molar-refractivity contribution in [3.8, 4) is 5.75 Å². The van der Waals surface area contributed by atoms with Crippen molar-refractivity contribution in [3.63, 3.8) is 0 Å². The normalized spacial score (nSPS) is 24.4. The van der Waals surface area contributed by atoms with Gasteiger partial charge in [-0.15, -0.1) is 0 Å². The Morgan fingerprint density at radius 3 is 3.07 bits per heavy atom. The van der Waals surface area contributed by atoms with E-state index in [0.717, 1.165) is 24.3 Å². The summed E-state index contributed by atoms with van der Waals surface area (Å²) in [5.41, 5.74) is 0.886. The quantitative estimate of drug-likeness (QED) is 0.789. The van der Waals surface area contributed by atoms with Crippen molar-refractivity contribution in [1.82, 2.24) is 5.32 Å². The minimum absolute atomic E-state index is 0.0137. The Morgan fingerprint density at radius 2 is 2.27 bits per heavy atom. The molecule has 1 aliphatic heterocycles. The van der Waals surface area contributed by atoms with Gasteiger partial charge in [0.05, 0.1) is 6.04 Å². The van der Waals surface area contributed by atoms with Crippen molar-refractivity contribution in [2.75, 3.05) is 13.2 Å². The van der Waals surface area contributed by atoms with Crippen LogP contribution in [0.1, 0.15) is 25.0 Å². The van der Waals surface area contributed by atoms with Crippen molar-refractivity contribution in [2.24, 2.45) is 0 Å². The van der Waals surface area contributed by atoms with Crippen LogP contribution in [-0.4, -0.2) is 24.3 Å². The number of aliphatic hydroxyl groups is 1. The number of ether oxygens (including phenoxy) is 1. The molecule has 82 valence electrons. The largest absolute Gasteiger partial charge is 0.491 e. The summed E-state index contributed by atoms with van der Waals surface area (Å²) in [5.74, 6) is 0.805. The summed E-state index contributed by atoms with van der Waals surface area (Å²) in [6.45, 7) is 3.56. The molecule has 1 aliphatic rings. The van der Waals surface area contributed by atoms with E-state index in [1.54, 1.807) is 0 Å². The van der Waals surface area contributed by atoms with Gasteiger partial charge < -0.3 is 15.2 Å². The van der Waals surface area contributed by atoms with E-state index in [0.29, 0.717) is 6.61 Å². The zero-order valence-corrected chi connectivity index (χ0v) is 8.94. The van der Waals surface area contributed by atoms with Gasteiger partial charge in [0.1, 0.15) is 18.5 Å². The van der Waals surface area contributed by atoms with Gasteiger partial charge in [0.2, 0.25) is 0 Å². The first-order valence-corrected chi connectivity index (χ1v) is 5.46.